The number of hydrogen-bond donors (Lipinski definition) is 25. The second kappa shape index (κ2) is 53.2. The van der Waals surface area contributed by atoms with Gasteiger partial charge >= 0.3 is 30.3 Å². The van der Waals surface area contributed by atoms with Crippen LogP contribution in [0.4, 0.5) is 26.3 Å². The molecule has 0 aliphatic heterocycles. The van der Waals surface area contributed by atoms with E-state index < -0.39 is 194 Å². The van der Waals surface area contributed by atoms with E-state index in [1.165, 1.54) is 43.3 Å². The third kappa shape index (κ3) is 45.7. The number of halogens is 6. The van der Waals surface area contributed by atoms with Gasteiger partial charge < -0.3 is 124 Å². The van der Waals surface area contributed by atoms with E-state index in [2.05, 4.69) is 74.0 Å². The van der Waals surface area contributed by atoms with Crippen LogP contribution in [0, 0.1) is 11.8 Å². The molecule has 0 unspecified atom stereocenters. The van der Waals surface area contributed by atoms with Crippen molar-refractivity contribution < 1.29 is 129 Å². The number of aliphatic carboxylic acids is 3. The molecule has 11 atom stereocenters. The number of aliphatic hydroxyl groups excluding tert-OH is 1. The van der Waals surface area contributed by atoms with E-state index in [1.54, 1.807) is 39.8 Å². The summed E-state index contributed by atoms with van der Waals surface area (Å²) in [6.07, 6.45) is -12.6. The summed E-state index contributed by atoms with van der Waals surface area (Å²) in [5.41, 5.74) is 45.5. The number of aliphatic imine (C=N–C) groups is 2. The molecular weight excluding hydrogens is 1560 g/mol. The van der Waals surface area contributed by atoms with E-state index in [0.29, 0.717) is 17.5 Å². The number of benzene rings is 2. The van der Waals surface area contributed by atoms with Crippen molar-refractivity contribution in [1.29, 1.82) is 0 Å². The monoisotopic (exact) mass is 1670 g/mol. The fourth-order valence-corrected chi connectivity index (χ4v) is 9.79. The molecule has 0 spiro atoms. The molecule has 2 rings (SSSR count). The van der Waals surface area contributed by atoms with Gasteiger partial charge in [-0.15, -0.1) is 0 Å². The fourth-order valence-electron chi connectivity index (χ4n) is 9.79. The van der Waals surface area contributed by atoms with Crippen molar-refractivity contribution in [2.75, 3.05) is 32.7 Å². The number of carbonyl (C=O) groups is 15. The molecule has 0 heterocycles. The standard InChI is InChI=1S/C64H105N21O17.2C2HF3O2/c1-33(2)27-46(80-53(93)35(5)84-85-54(94)41(66)29-37-14-18-39(87)19-15-37)60(100)78-43(11-7-8-24-65)57(97)77-44(13-10-26-73-64(70)71)58(98)79-45(22-23-49(67)89)55(95)74-31-50(90)76-42(12-9-25-72-63(68)69)59(99)83-52(36(6)86)62(102)82-47(28-34(3)4)61(101)81-48(56(96)75-32-51(91)92)30-38-16-20-40(88)21-17-38;2*3-2(4,5)1(6)7/h14-21,33-36,41-48,52,84,86-88H,7-13,22-32,65-66H2,1-6H3,(H2,67,89)(H,74,95)(H,75,96)(H,76,90)(H,77,97)(H,78,100)(H,79,98)(H,80,93)(H,81,101)(H,82,102)(H,83,99)(H,85,94)(H,91,92)(H4,68,69,72)(H4,70,71,73);2*(H,6,7)/t35-,36+,41-,42-,43-,44-,45-,46-,47-,48-,52-;;/m0../s1. The average molecular weight is 1670 g/mol. The number of hydrazine groups is 1. The van der Waals surface area contributed by atoms with E-state index in [0.717, 1.165) is 6.92 Å². The van der Waals surface area contributed by atoms with Crippen molar-refractivity contribution in [3.05, 3.63) is 59.7 Å². The summed E-state index contributed by atoms with van der Waals surface area (Å²) in [7, 11) is 0. The smallest absolute Gasteiger partial charge is 0.490 e. The third-order valence-corrected chi connectivity index (χ3v) is 15.7. The molecule has 42 nitrogen and oxygen atoms in total. The summed E-state index contributed by atoms with van der Waals surface area (Å²) >= 11 is 0. The minimum absolute atomic E-state index is 0.0157. The van der Waals surface area contributed by atoms with E-state index in [4.69, 9.17) is 59.9 Å². The molecule has 0 aliphatic rings. The zero-order chi connectivity index (χ0) is 88.9. The van der Waals surface area contributed by atoms with Crippen molar-refractivity contribution in [2.45, 2.75) is 204 Å². The second-order valence-electron chi connectivity index (χ2n) is 26.8. The van der Waals surface area contributed by atoms with Crippen molar-refractivity contribution >= 4 is 101 Å². The number of carboxylic acids is 3. The summed E-state index contributed by atoms with van der Waals surface area (Å²) in [5.74, 6) is -19.1. The van der Waals surface area contributed by atoms with Crippen LogP contribution in [-0.2, 0) is 84.8 Å². The molecule has 0 aliphatic carbocycles. The van der Waals surface area contributed by atoms with Gasteiger partial charge in [-0.05, 0) is 138 Å². The first-order valence-corrected chi connectivity index (χ1v) is 35.8. The topological polar surface area (TPSA) is 729 Å². The summed E-state index contributed by atoms with van der Waals surface area (Å²) in [6.45, 7) is 7.93. The van der Waals surface area contributed by atoms with E-state index in [1.807, 2.05) is 0 Å². The van der Waals surface area contributed by atoms with Crippen LogP contribution >= 0.6 is 0 Å². The highest BCUT2D eigenvalue weighted by Gasteiger charge is 2.40. The van der Waals surface area contributed by atoms with E-state index in [9.17, 15) is 109 Å². The number of carboxylic acid groups (broad SMARTS) is 3. The number of aromatic hydroxyl groups is 2. The summed E-state index contributed by atoms with van der Waals surface area (Å²) in [4.78, 5) is 202. The molecule has 0 fully saturated rings. The van der Waals surface area contributed by atoms with Crippen LogP contribution in [0.1, 0.15) is 123 Å². The molecule has 0 saturated carbocycles. The minimum Gasteiger partial charge on any atom is -0.508 e. The van der Waals surface area contributed by atoms with Gasteiger partial charge in [0.15, 0.2) is 11.9 Å². The Morgan fingerprint density at radius 1 is 0.440 bits per heavy atom. The summed E-state index contributed by atoms with van der Waals surface area (Å²) in [5, 5.41) is 78.6. The van der Waals surface area contributed by atoms with Gasteiger partial charge in [-0.1, -0.05) is 52.0 Å². The molecule has 2 aromatic rings. The number of phenols is 2. The second-order valence-corrected chi connectivity index (χ2v) is 26.8. The van der Waals surface area contributed by atoms with Crippen LogP contribution in [0.5, 0.6) is 11.5 Å². The number of unbranched alkanes of at least 4 members (excludes halogenated alkanes) is 1. The maximum atomic E-state index is 14.4. The Morgan fingerprint density at radius 2 is 0.802 bits per heavy atom. The fraction of sp³-hybridized carbons (Fsp3) is 0.574. The van der Waals surface area contributed by atoms with Crippen molar-refractivity contribution in [2.24, 2.45) is 62.0 Å². The Bertz CT molecular complexity index is 3600. The number of rotatable bonds is 48. The average Bonchev–Trinajstić information content (AvgIpc) is 0.852. The normalized spacial score (nSPS) is 13.9. The van der Waals surface area contributed by atoms with Gasteiger partial charge in [0.2, 0.25) is 65.0 Å². The molecule has 12 amide bonds. The van der Waals surface area contributed by atoms with Gasteiger partial charge in [0.25, 0.3) is 5.91 Å². The summed E-state index contributed by atoms with van der Waals surface area (Å²) < 4.78 is 63.5. The van der Waals surface area contributed by atoms with Gasteiger partial charge in [0.05, 0.1) is 18.7 Å². The number of alkyl halides is 6. The van der Waals surface area contributed by atoms with Crippen molar-refractivity contribution in [1.82, 2.24) is 64.0 Å². The number of phenolic OH excluding ortho intramolecular Hbond substituents is 2. The molecule has 116 heavy (non-hydrogen) atoms. The third-order valence-electron chi connectivity index (χ3n) is 15.7. The highest BCUT2D eigenvalue weighted by atomic mass is 19.4. The lowest BCUT2D eigenvalue weighted by Crippen LogP contribution is -2.61. The highest BCUT2D eigenvalue weighted by Crippen LogP contribution is 2.18. The molecule has 0 aromatic heterocycles. The van der Waals surface area contributed by atoms with Crippen LogP contribution in [-0.4, -0.2) is 243 Å². The number of nitrogens with two attached hydrogens (primary N) is 7. The van der Waals surface area contributed by atoms with Crippen LogP contribution in [0.25, 0.3) is 0 Å². The van der Waals surface area contributed by atoms with E-state index >= 15 is 0 Å². The van der Waals surface area contributed by atoms with Gasteiger partial charge in [0, 0.05) is 25.9 Å². The Labute approximate surface area is 661 Å². The number of hydrogen-bond acceptors (Lipinski definition) is 23. The number of nitrogens with zero attached hydrogens (tertiary/aromatic N) is 2. The van der Waals surface area contributed by atoms with Gasteiger partial charge in [-0.3, -0.25) is 77.7 Å². The van der Waals surface area contributed by atoms with Crippen molar-refractivity contribution in [3.63, 3.8) is 0 Å². The number of amides is 12. The first-order chi connectivity index (χ1) is 53.9. The molecule has 48 heteroatoms. The van der Waals surface area contributed by atoms with E-state index in [-0.39, 0.29) is 119 Å². The first-order valence-electron chi connectivity index (χ1n) is 35.8. The van der Waals surface area contributed by atoms with Gasteiger partial charge in [-0.2, -0.15) is 26.3 Å². The Balaban J connectivity index is 0.00000859. The maximum Gasteiger partial charge on any atom is 0.490 e. The minimum atomic E-state index is -5.08. The Hall–Kier alpha value is -12.0. The molecule has 32 N–H and O–H groups in total. The van der Waals surface area contributed by atoms with Crippen LogP contribution in [0.3, 0.4) is 0 Å². The van der Waals surface area contributed by atoms with Crippen LogP contribution in [0.15, 0.2) is 58.5 Å². The lowest BCUT2D eigenvalue weighted by molar-refractivity contribution is -0.193. The Kier molecular flexibility index (Phi) is 47.7. The predicted molar refractivity (Wildman–Crippen MR) is 401 cm³/mol. The molecule has 652 valence electrons. The lowest BCUT2D eigenvalue weighted by atomic mass is 10.00. The quantitative estimate of drug-likeness (QED) is 0.00967. The van der Waals surface area contributed by atoms with Gasteiger partial charge in [-0.25, -0.2) is 15.0 Å². The van der Waals surface area contributed by atoms with Crippen molar-refractivity contribution in [3.8, 4) is 11.5 Å². The molecule has 0 saturated heterocycles. The number of guanidine groups is 2. The van der Waals surface area contributed by atoms with Gasteiger partial charge in [0.1, 0.15) is 72.4 Å². The molecule has 0 bridgehead atoms. The number of nitrogens with one attached hydrogen (secondary N) is 12. The zero-order valence-corrected chi connectivity index (χ0v) is 64.4. The molecule has 2 aromatic carbocycles. The zero-order valence-electron chi connectivity index (χ0n) is 64.4. The lowest BCUT2D eigenvalue weighted by Gasteiger charge is -2.28. The maximum absolute atomic E-state index is 14.4. The number of carbonyl (C=O) groups excluding carboxylic acids is 12. The first kappa shape index (κ1) is 104. The Morgan fingerprint density at radius 3 is 1.20 bits per heavy atom. The highest BCUT2D eigenvalue weighted by molar-refractivity contribution is 5.99. The van der Waals surface area contributed by atoms with Crippen LogP contribution in [0.2, 0.25) is 0 Å². The molecule has 0 radical (unpaired) electrons. The largest absolute Gasteiger partial charge is 0.508 e. The summed E-state index contributed by atoms with van der Waals surface area (Å²) in [6, 6.07) is -2.49. The number of aliphatic hydroxyl groups is 1. The SMILES string of the molecule is CC(C)C[C@H](NC(=O)[C@H](C)NNC(=O)[C@@H](N)Cc1ccc(O)cc1)C(=O)N[C@@H](CCCCN)C(=O)N[C@@H](CCCN=C(N)N)C(=O)N[C@@H](CCC(N)=O)C(=O)NCC(=O)N[C@@H](CCCN=C(N)N)C(=O)N[C@H](C(=O)N[C@@H](CC(C)C)C(=O)N[C@@H](Cc1ccc(O)cc1)C(=O)NCC(=O)O)[C@@H](C)O.O=C(O)C(F)(F)F.O=C(O)C(F)(F)F. The molecular formula is C68H107F6N21O21. The van der Waals surface area contributed by atoms with Crippen LogP contribution < -0.4 is 104 Å². The number of primary amides is 1. The predicted octanol–water partition coefficient (Wildman–Crippen LogP) is -5.34.